The van der Waals surface area contributed by atoms with Crippen molar-refractivity contribution in [1.29, 1.82) is 0 Å². The van der Waals surface area contributed by atoms with Crippen LogP contribution in [0.25, 0.3) is 0 Å². The summed E-state index contributed by atoms with van der Waals surface area (Å²) in [7, 11) is 0. The molecule has 2 aromatic rings. The van der Waals surface area contributed by atoms with Crippen molar-refractivity contribution in [3.8, 4) is 0 Å². The van der Waals surface area contributed by atoms with Crippen molar-refractivity contribution in [1.82, 2.24) is 19.8 Å². The van der Waals surface area contributed by atoms with E-state index < -0.39 is 11.8 Å². The molecule has 0 radical (unpaired) electrons. The molecule has 154 valence electrons. The van der Waals surface area contributed by atoms with Crippen LogP contribution < -0.4 is 4.90 Å². The van der Waals surface area contributed by atoms with Crippen LogP contribution in [-0.4, -0.2) is 76.4 Å². The highest BCUT2D eigenvalue weighted by molar-refractivity contribution is 6.33. The lowest BCUT2D eigenvalue weighted by atomic mass is 10.1. The van der Waals surface area contributed by atoms with E-state index in [-0.39, 0.29) is 23.4 Å². The second-order valence-electron chi connectivity index (χ2n) is 6.72. The predicted octanol–water partition coefficient (Wildman–Crippen LogP) is 1.19. The molecule has 0 unspecified atom stereocenters. The summed E-state index contributed by atoms with van der Waals surface area (Å²) in [5, 5.41) is 0. The zero-order chi connectivity index (χ0) is 21.3. The standard InChI is InChI=1S/C20H19N5O5/c1-2-30-20(29)24-11-9-23(10-12-24)17(26)13-3-5-14(6-4-13)25-18(27)15-16(19(25)28)22-8-7-21-15/h3-8H,2,9-12H2,1H3. The monoisotopic (exact) mass is 409 g/mol. The Kier molecular flexibility index (Phi) is 5.13. The highest BCUT2D eigenvalue weighted by Gasteiger charge is 2.39. The van der Waals surface area contributed by atoms with Crippen molar-refractivity contribution in [3.05, 3.63) is 53.6 Å². The van der Waals surface area contributed by atoms with Crippen molar-refractivity contribution in [2.24, 2.45) is 0 Å². The summed E-state index contributed by atoms with van der Waals surface area (Å²) in [4.78, 5) is 61.6. The number of hydrogen-bond donors (Lipinski definition) is 0. The van der Waals surface area contributed by atoms with E-state index in [9.17, 15) is 19.2 Å². The van der Waals surface area contributed by atoms with Gasteiger partial charge in [-0.25, -0.2) is 19.7 Å². The fraction of sp³-hybridized carbons (Fsp3) is 0.300. The molecule has 0 atom stereocenters. The molecule has 0 bridgehead atoms. The van der Waals surface area contributed by atoms with Gasteiger partial charge < -0.3 is 14.5 Å². The summed E-state index contributed by atoms with van der Waals surface area (Å²) in [6.45, 7) is 3.65. The average molecular weight is 409 g/mol. The summed E-state index contributed by atoms with van der Waals surface area (Å²) < 4.78 is 4.98. The molecule has 4 amide bonds. The largest absolute Gasteiger partial charge is 0.450 e. The average Bonchev–Trinajstić information content (AvgIpc) is 3.04. The van der Waals surface area contributed by atoms with E-state index in [1.165, 1.54) is 12.4 Å². The Hall–Kier alpha value is -3.82. The third kappa shape index (κ3) is 3.36. The number of hydrogen-bond acceptors (Lipinski definition) is 7. The van der Waals surface area contributed by atoms with Gasteiger partial charge in [-0.15, -0.1) is 0 Å². The lowest BCUT2D eigenvalue weighted by Gasteiger charge is -2.34. The van der Waals surface area contributed by atoms with Crippen LogP contribution in [0.3, 0.4) is 0 Å². The van der Waals surface area contributed by atoms with Gasteiger partial charge in [0.1, 0.15) is 0 Å². The van der Waals surface area contributed by atoms with Crippen molar-refractivity contribution in [2.75, 3.05) is 37.7 Å². The third-order valence-corrected chi connectivity index (χ3v) is 4.97. The molecular formula is C20H19N5O5. The van der Waals surface area contributed by atoms with Gasteiger partial charge in [0.05, 0.1) is 12.3 Å². The van der Waals surface area contributed by atoms with Gasteiger partial charge in [0, 0.05) is 44.1 Å². The number of benzene rings is 1. The second-order valence-corrected chi connectivity index (χ2v) is 6.72. The lowest BCUT2D eigenvalue weighted by molar-refractivity contribution is 0.0570. The van der Waals surface area contributed by atoms with Crippen molar-refractivity contribution in [3.63, 3.8) is 0 Å². The minimum Gasteiger partial charge on any atom is -0.450 e. The summed E-state index contributed by atoms with van der Waals surface area (Å²) in [5.41, 5.74) is 0.800. The van der Waals surface area contributed by atoms with Gasteiger partial charge in [-0.2, -0.15) is 0 Å². The number of ether oxygens (including phenoxy) is 1. The minimum atomic E-state index is -0.544. The molecule has 0 saturated carbocycles. The molecule has 1 saturated heterocycles. The molecule has 0 aliphatic carbocycles. The SMILES string of the molecule is CCOC(=O)N1CCN(C(=O)c2ccc(N3C(=O)c4nccnc4C3=O)cc2)CC1. The molecule has 1 fully saturated rings. The summed E-state index contributed by atoms with van der Waals surface area (Å²) in [6, 6.07) is 6.23. The molecule has 4 rings (SSSR count). The number of amides is 4. The van der Waals surface area contributed by atoms with Crippen LogP contribution in [0.4, 0.5) is 10.5 Å². The molecule has 1 aromatic heterocycles. The molecule has 1 aromatic carbocycles. The number of rotatable bonds is 3. The Morgan fingerprint density at radius 1 is 0.900 bits per heavy atom. The van der Waals surface area contributed by atoms with Crippen molar-refractivity contribution >= 4 is 29.5 Å². The van der Waals surface area contributed by atoms with Crippen LogP contribution in [0.15, 0.2) is 36.7 Å². The molecule has 0 N–H and O–H groups in total. The zero-order valence-electron chi connectivity index (χ0n) is 16.3. The summed E-state index contributed by atoms with van der Waals surface area (Å²) >= 11 is 0. The van der Waals surface area contributed by atoms with E-state index in [0.717, 1.165) is 4.90 Å². The van der Waals surface area contributed by atoms with E-state index in [1.807, 2.05) is 0 Å². The van der Waals surface area contributed by atoms with Gasteiger partial charge in [-0.3, -0.25) is 14.4 Å². The number of carbonyl (C=O) groups is 4. The quantitative estimate of drug-likeness (QED) is 0.700. The van der Waals surface area contributed by atoms with E-state index >= 15 is 0 Å². The van der Waals surface area contributed by atoms with Gasteiger partial charge in [-0.1, -0.05) is 0 Å². The maximum absolute atomic E-state index is 12.8. The van der Waals surface area contributed by atoms with Crippen LogP contribution in [0.2, 0.25) is 0 Å². The van der Waals surface area contributed by atoms with Gasteiger partial charge in [0.15, 0.2) is 11.4 Å². The second kappa shape index (κ2) is 7.90. The van der Waals surface area contributed by atoms with E-state index in [4.69, 9.17) is 4.74 Å². The number of nitrogens with zero attached hydrogens (tertiary/aromatic N) is 5. The number of aromatic nitrogens is 2. The molecule has 10 nitrogen and oxygen atoms in total. The number of fused-ring (bicyclic) bond motifs is 1. The van der Waals surface area contributed by atoms with Gasteiger partial charge in [0.25, 0.3) is 17.7 Å². The molecule has 2 aliphatic rings. The van der Waals surface area contributed by atoms with Crippen LogP contribution >= 0.6 is 0 Å². The highest BCUT2D eigenvalue weighted by atomic mass is 16.6. The number of anilines is 1. The van der Waals surface area contributed by atoms with Crippen LogP contribution in [-0.2, 0) is 4.74 Å². The van der Waals surface area contributed by atoms with E-state index in [2.05, 4.69) is 9.97 Å². The minimum absolute atomic E-state index is 0.0159. The fourth-order valence-electron chi connectivity index (χ4n) is 3.43. The first-order valence-electron chi connectivity index (χ1n) is 9.52. The van der Waals surface area contributed by atoms with Gasteiger partial charge in [0.2, 0.25) is 0 Å². The van der Waals surface area contributed by atoms with Crippen molar-refractivity contribution in [2.45, 2.75) is 6.92 Å². The Morgan fingerprint density at radius 2 is 1.43 bits per heavy atom. The Labute approximate surface area is 172 Å². The Bertz CT molecular complexity index is 980. The van der Waals surface area contributed by atoms with Crippen LogP contribution in [0.5, 0.6) is 0 Å². The maximum Gasteiger partial charge on any atom is 0.409 e. The Balaban J connectivity index is 1.43. The smallest absolute Gasteiger partial charge is 0.409 e. The van der Waals surface area contributed by atoms with E-state index in [0.29, 0.717) is 44.0 Å². The normalized spacial score (nSPS) is 16.0. The zero-order valence-corrected chi connectivity index (χ0v) is 16.3. The fourth-order valence-corrected chi connectivity index (χ4v) is 3.43. The van der Waals surface area contributed by atoms with Crippen LogP contribution in [0, 0.1) is 0 Å². The Morgan fingerprint density at radius 3 is 1.97 bits per heavy atom. The lowest BCUT2D eigenvalue weighted by Crippen LogP contribution is -2.50. The summed E-state index contributed by atoms with van der Waals surface area (Å²) in [5.74, 6) is -1.27. The van der Waals surface area contributed by atoms with E-state index in [1.54, 1.807) is 41.0 Å². The number of imide groups is 1. The first-order chi connectivity index (χ1) is 14.5. The van der Waals surface area contributed by atoms with Crippen molar-refractivity contribution < 1.29 is 23.9 Å². The topological polar surface area (TPSA) is 113 Å². The van der Waals surface area contributed by atoms with Gasteiger partial charge in [-0.05, 0) is 31.2 Å². The number of piperazine rings is 1. The first kappa shape index (κ1) is 19.5. The molecule has 2 aliphatic heterocycles. The predicted molar refractivity (Wildman–Crippen MR) is 104 cm³/mol. The summed E-state index contributed by atoms with van der Waals surface area (Å²) in [6.07, 6.45) is 2.34. The molecular weight excluding hydrogens is 390 g/mol. The maximum atomic E-state index is 12.8. The van der Waals surface area contributed by atoms with Gasteiger partial charge >= 0.3 is 6.09 Å². The van der Waals surface area contributed by atoms with Crippen LogP contribution in [0.1, 0.15) is 38.3 Å². The molecule has 3 heterocycles. The highest BCUT2D eigenvalue weighted by Crippen LogP contribution is 2.26. The number of carbonyl (C=O) groups excluding carboxylic acids is 4. The molecule has 30 heavy (non-hydrogen) atoms. The molecule has 0 spiro atoms. The third-order valence-electron chi connectivity index (χ3n) is 4.97. The first-order valence-corrected chi connectivity index (χ1v) is 9.52. The molecule has 10 heteroatoms.